The number of primary amides is 1. The highest BCUT2D eigenvalue weighted by Crippen LogP contribution is 2.14. The van der Waals surface area contributed by atoms with E-state index in [0.29, 0.717) is 11.7 Å². The summed E-state index contributed by atoms with van der Waals surface area (Å²) in [6, 6.07) is 7.16. The summed E-state index contributed by atoms with van der Waals surface area (Å²) in [6.07, 6.45) is 2.58. The van der Waals surface area contributed by atoms with Gasteiger partial charge >= 0.3 is 0 Å². The SMILES string of the molecule is NC(=O)c1ccc(NCC2CCCO2)cc1. The van der Waals surface area contributed by atoms with Crippen molar-refractivity contribution < 1.29 is 9.53 Å². The Morgan fingerprint density at radius 3 is 2.75 bits per heavy atom. The maximum absolute atomic E-state index is 10.9. The van der Waals surface area contributed by atoms with Crippen LogP contribution < -0.4 is 11.1 Å². The molecule has 1 unspecified atom stereocenters. The fourth-order valence-electron chi connectivity index (χ4n) is 1.79. The van der Waals surface area contributed by atoms with Gasteiger partial charge in [-0.3, -0.25) is 4.79 Å². The van der Waals surface area contributed by atoms with E-state index in [4.69, 9.17) is 10.5 Å². The minimum absolute atomic E-state index is 0.316. The van der Waals surface area contributed by atoms with E-state index in [2.05, 4.69) is 5.32 Å². The molecular weight excluding hydrogens is 204 g/mol. The molecule has 1 atom stereocenters. The van der Waals surface area contributed by atoms with Gasteiger partial charge in [-0.05, 0) is 37.1 Å². The summed E-state index contributed by atoms with van der Waals surface area (Å²) in [5.41, 5.74) is 6.67. The number of ether oxygens (including phenoxy) is 1. The number of carbonyl (C=O) groups is 1. The molecule has 1 aliphatic heterocycles. The molecule has 1 saturated heterocycles. The lowest BCUT2D eigenvalue weighted by atomic mass is 10.2. The number of hydrogen-bond acceptors (Lipinski definition) is 3. The molecule has 1 aromatic rings. The molecule has 4 heteroatoms. The van der Waals surface area contributed by atoms with Gasteiger partial charge in [-0.2, -0.15) is 0 Å². The third-order valence-corrected chi connectivity index (χ3v) is 2.73. The Labute approximate surface area is 94.8 Å². The van der Waals surface area contributed by atoms with Gasteiger partial charge in [0.15, 0.2) is 0 Å². The van der Waals surface area contributed by atoms with Gasteiger partial charge in [-0.25, -0.2) is 0 Å². The summed E-state index contributed by atoms with van der Waals surface area (Å²) in [5.74, 6) is -0.398. The summed E-state index contributed by atoms with van der Waals surface area (Å²) in [6.45, 7) is 1.68. The lowest BCUT2D eigenvalue weighted by molar-refractivity contribution is 0.1000. The van der Waals surface area contributed by atoms with Crippen molar-refractivity contribution in [3.8, 4) is 0 Å². The van der Waals surface area contributed by atoms with Crippen LogP contribution in [0.2, 0.25) is 0 Å². The highest BCUT2D eigenvalue weighted by molar-refractivity contribution is 5.93. The van der Waals surface area contributed by atoms with E-state index in [0.717, 1.165) is 31.7 Å². The average Bonchev–Trinajstić information content (AvgIpc) is 2.80. The molecule has 0 saturated carbocycles. The molecule has 3 N–H and O–H groups in total. The zero-order chi connectivity index (χ0) is 11.4. The Bertz CT molecular complexity index is 356. The molecule has 1 heterocycles. The molecule has 1 fully saturated rings. The second-order valence-corrected chi connectivity index (χ2v) is 3.96. The number of carbonyl (C=O) groups excluding carboxylic acids is 1. The molecule has 1 aromatic carbocycles. The predicted molar refractivity (Wildman–Crippen MR) is 62.4 cm³/mol. The van der Waals surface area contributed by atoms with E-state index in [1.54, 1.807) is 12.1 Å². The molecule has 1 aliphatic rings. The van der Waals surface area contributed by atoms with E-state index in [9.17, 15) is 4.79 Å². The minimum atomic E-state index is -0.398. The van der Waals surface area contributed by atoms with Gasteiger partial charge < -0.3 is 15.8 Å². The minimum Gasteiger partial charge on any atom is -0.382 e. The van der Waals surface area contributed by atoms with E-state index in [1.807, 2.05) is 12.1 Å². The number of anilines is 1. The van der Waals surface area contributed by atoms with Gasteiger partial charge in [0.25, 0.3) is 0 Å². The zero-order valence-corrected chi connectivity index (χ0v) is 9.11. The third-order valence-electron chi connectivity index (χ3n) is 2.73. The van der Waals surface area contributed by atoms with Crippen LogP contribution in [0.5, 0.6) is 0 Å². The molecule has 4 nitrogen and oxygen atoms in total. The molecule has 0 radical (unpaired) electrons. The van der Waals surface area contributed by atoms with Gasteiger partial charge in [0.05, 0.1) is 6.10 Å². The topological polar surface area (TPSA) is 64.4 Å². The first kappa shape index (κ1) is 11.0. The first-order valence-electron chi connectivity index (χ1n) is 5.51. The second kappa shape index (κ2) is 4.99. The Balaban J connectivity index is 1.87. The lowest BCUT2D eigenvalue weighted by Gasteiger charge is -2.11. The van der Waals surface area contributed by atoms with Crippen molar-refractivity contribution in [3.63, 3.8) is 0 Å². The molecule has 0 bridgehead atoms. The van der Waals surface area contributed by atoms with Gasteiger partial charge in [0.1, 0.15) is 0 Å². The van der Waals surface area contributed by atoms with E-state index in [-0.39, 0.29) is 0 Å². The fraction of sp³-hybridized carbons (Fsp3) is 0.417. The summed E-state index contributed by atoms with van der Waals surface area (Å²) in [4.78, 5) is 10.9. The van der Waals surface area contributed by atoms with Crippen molar-refractivity contribution in [1.82, 2.24) is 0 Å². The first-order valence-corrected chi connectivity index (χ1v) is 5.51. The monoisotopic (exact) mass is 220 g/mol. The molecule has 16 heavy (non-hydrogen) atoms. The molecule has 0 aromatic heterocycles. The van der Waals surface area contributed by atoms with Gasteiger partial charge in [0, 0.05) is 24.4 Å². The number of nitrogens with two attached hydrogens (primary N) is 1. The predicted octanol–water partition coefficient (Wildman–Crippen LogP) is 1.38. The number of rotatable bonds is 4. The highest BCUT2D eigenvalue weighted by atomic mass is 16.5. The molecule has 86 valence electrons. The van der Waals surface area contributed by atoms with Crippen molar-refractivity contribution in [2.24, 2.45) is 5.73 Å². The largest absolute Gasteiger partial charge is 0.382 e. The summed E-state index contributed by atoms with van der Waals surface area (Å²) < 4.78 is 5.50. The van der Waals surface area contributed by atoms with Crippen molar-refractivity contribution in [2.45, 2.75) is 18.9 Å². The fourth-order valence-corrected chi connectivity index (χ4v) is 1.79. The van der Waals surface area contributed by atoms with Crippen molar-refractivity contribution >= 4 is 11.6 Å². The zero-order valence-electron chi connectivity index (χ0n) is 9.11. The van der Waals surface area contributed by atoms with E-state index < -0.39 is 5.91 Å². The lowest BCUT2D eigenvalue weighted by Crippen LogP contribution is -2.18. The molecule has 2 rings (SSSR count). The number of amides is 1. The van der Waals surface area contributed by atoms with E-state index >= 15 is 0 Å². The Kier molecular flexibility index (Phi) is 3.41. The second-order valence-electron chi connectivity index (χ2n) is 3.96. The Hall–Kier alpha value is -1.55. The van der Waals surface area contributed by atoms with Crippen molar-refractivity contribution in [3.05, 3.63) is 29.8 Å². The summed E-state index contributed by atoms with van der Waals surface area (Å²) in [5, 5.41) is 3.28. The van der Waals surface area contributed by atoms with Crippen LogP contribution in [-0.2, 0) is 4.74 Å². The average molecular weight is 220 g/mol. The Morgan fingerprint density at radius 2 is 2.19 bits per heavy atom. The Morgan fingerprint density at radius 1 is 1.44 bits per heavy atom. The molecule has 1 amide bonds. The van der Waals surface area contributed by atoms with Crippen molar-refractivity contribution in [1.29, 1.82) is 0 Å². The summed E-state index contributed by atoms with van der Waals surface area (Å²) in [7, 11) is 0. The van der Waals surface area contributed by atoms with Gasteiger partial charge in [-0.1, -0.05) is 0 Å². The standard InChI is InChI=1S/C12H16N2O2/c13-12(15)9-3-5-10(6-4-9)14-8-11-2-1-7-16-11/h3-6,11,14H,1-2,7-8H2,(H2,13,15). The smallest absolute Gasteiger partial charge is 0.248 e. The third kappa shape index (κ3) is 2.73. The van der Waals surface area contributed by atoms with Gasteiger partial charge in [-0.15, -0.1) is 0 Å². The van der Waals surface area contributed by atoms with Crippen LogP contribution in [0.25, 0.3) is 0 Å². The van der Waals surface area contributed by atoms with Crippen LogP contribution in [0.3, 0.4) is 0 Å². The van der Waals surface area contributed by atoms with Crippen LogP contribution in [0.15, 0.2) is 24.3 Å². The van der Waals surface area contributed by atoms with E-state index in [1.165, 1.54) is 0 Å². The maximum atomic E-state index is 10.9. The number of nitrogens with one attached hydrogen (secondary N) is 1. The molecular formula is C12H16N2O2. The van der Waals surface area contributed by atoms with Crippen LogP contribution in [0.4, 0.5) is 5.69 Å². The van der Waals surface area contributed by atoms with Crippen LogP contribution in [-0.4, -0.2) is 25.2 Å². The van der Waals surface area contributed by atoms with Gasteiger partial charge in [0.2, 0.25) is 5.91 Å². The highest BCUT2D eigenvalue weighted by Gasteiger charge is 2.14. The van der Waals surface area contributed by atoms with Crippen molar-refractivity contribution in [2.75, 3.05) is 18.5 Å². The molecule has 0 aliphatic carbocycles. The van der Waals surface area contributed by atoms with Crippen LogP contribution in [0.1, 0.15) is 23.2 Å². The molecule has 0 spiro atoms. The van der Waals surface area contributed by atoms with Crippen LogP contribution in [0, 0.1) is 0 Å². The maximum Gasteiger partial charge on any atom is 0.248 e. The number of hydrogen-bond donors (Lipinski definition) is 2. The summed E-state index contributed by atoms with van der Waals surface area (Å²) >= 11 is 0. The quantitative estimate of drug-likeness (QED) is 0.805. The number of benzene rings is 1. The normalized spacial score (nSPS) is 19.6. The van der Waals surface area contributed by atoms with Crippen LogP contribution >= 0.6 is 0 Å². The first-order chi connectivity index (χ1) is 7.75.